The summed E-state index contributed by atoms with van der Waals surface area (Å²) >= 11 is 7.00. The molecule has 0 radical (unpaired) electrons. The highest BCUT2D eigenvalue weighted by atomic mass is 79.9. The molecule has 2 aromatic carbocycles. The molecule has 3 N–H and O–H groups in total. The third-order valence-electron chi connectivity index (χ3n) is 2.48. The fourth-order valence-electron chi connectivity index (χ4n) is 1.52. The number of nitrogens with two attached hydrogens (primary N) is 1. The van der Waals surface area contributed by atoms with Crippen molar-refractivity contribution in [3.8, 4) is 5.75 Å². The lowest BCUT2D eigenvalue weighted by atomic mass is 10.2. The highest BCUT2D eigenvalue weighted by molar-refractivity contribution is 9.11. The number of methoxy groups -OCH3 is 1. The standard InChI is InChI=1S/C13H12Br2N2O/c1-18-8-5-6-11(16)12(7-8)17-13-9(14)3-2-4-10(13)15/h2-7,17H,16H2,1H3. The summed E-state index contributed by atoms with van der Waals surface area (Å²) in [6.07, 6.45) is 0. The predicted octanol–water partition coefficient (Wildman–Crippen LogP) is 4.55. The van der Waals surface area contributed by atoms with Gasteiger partial charge in [0, 0.05) is 15.0 Å². The second-order valence-electron chi connectivity index (χ2n) is 3.67. The quantitative estimate of drug-likeness (QED) is 0.778. The first-order valence-electron chi connectivity index (χ1n) is 5.26. The molecule has 0 aliphatic rings. The molecule has 94 valence electrons. The van der Waals surface area contributed by atoms with E-state index >= 15 is 0 Å². The van der Waals surface area contributed by atoms with Crippen LogP contribution in [-0.4, -0.2) is 7.11 Å². The van der Waals surface area contributed by atoms with E-state index in [1.165, 1.54) is 0 Å². The Morgan fingerprint density at radius 1 is 1.11 bits per heavy atom. The summed E-state index contributed by atoms with van der Waals surface area (Å²) in [5, 5.41) is 3.28. The van der Waals surface area contributed by atoms with Gasteiger partial charge in [-0.05, 0) is 56.1 Å². The molecule has 0 amide bonds. The summed E-state index contributed by atoms with van der Waals surface area (Å²) in [6, 6.07) is 11.4. The van der Waals surface area contributed by atoms with Gasteiger partial charge >= 0.3 is 0 Å². The number of para-hydroxylation sites is 1. The summed E-state index contributed by atoms with van der Waals surface area (Å²) in [6.45, 7) is 0. The number of hydrogen-bond acceptors (Lipinski definition) is 3. The molecule has 0 fully saturated rings. The van der Waals surface area contributed by atoms with Gasteiger partial charge in [0.25, 0.3) is 0 Å². The lowest BCUT2D eigenvalue weighted by molar-refractivity contribution is 0.415. The minimum atomic E-state index is 0.665. The molecule has 2 rings (SSSR count). The van der Waals surface area contributed by atoms with Gasteiger partial charge < -0.3 is 15.8 Å². The molecule has 0 spiro atoms. The Morgan fingerprint density at radius 2 is 1.78 bits per heavy atom. The molecular weight excluding hydrogens is 360 g/mol. The minimum Gasteiger partial charge on any atom is -0.497 e. The summed E-state index contributed by atoms with van der Waals surface area (Å²) in [7, 11) is 1.63. The van der Waals surface area contributed by atoms with Crippen molar-refractivity contribution in [2.45, 2.75) is 0 Å². The van der Waals surface area contributed by atoms with Crippen molar-refractivity contribution in [2.75, 3.05) is 18.2 Å². The van der Waals surface area contributed by atoms with E-state index in [4.69, 9.17) is 10.5 Å². The van der Waals surface area contributed by atoms with Gasteiger partial charge in [-0.3, -0.25) is 0 Å². The van der Waals surface area contributed by atoms with E-state index in [1.807, 2.05) is 36.4 Å². The first-order chi connectivity index (χ1) is 8.61. The molecule has 5 heteroatoms. The maximum Gasteiger partial charge on any atom is 0.121 e. The van der Waals surface area contributed by atoms with E-state index < -0.39 is 0 Å². The van der Waals surface area contributed by atoms with Gasteiger partial charge in [0.1, 0.15) is 5.75 Å². The fourth-order valence-corrected chi connectivity index (χ4v) is 2.72. The average Bonchev–Trinajstić information content (AvgIpc) is 2.36. The maximum atomic E-state index is 5.94. The van der Waals surface area contributed by atoms with Crippen LogP contribution in [0.2, 0.25) is 0 Å². The van der Waals surface area contributed by atoms with Crippen molar-refractivity contribution in [3.63, 3.8) is 0 Å². The molecule has 0 atom stereocenters. The van der Waals surface area contributed by atoms with Crippen molar-refractivity contribution in [1.82, 2.24) is 0 Å². The van der Waals surface area contributed by atoms with Crippen LogP contribution in [0.15, 0.2) is 45.3 Å². The molecule has 2 aromatic rings. The van der Waals surface area contributed by atoms with Crippen LogP contribution in [0.25, 0.3) is 0 Å². The number of hydrogen-bond donors (Lipinski definition) is 2. The second-order valence-corrected chi connectivity index (χ2v) is 5.38. The normalized spacial score (nSPS) is 10.2. The van der Waals surface area contributed by atoms with Crippen molar-refractivity contribution in [2.24, 2.45) is 0 Å². The number of halogens is 2. The minimum absolute atomic E-state index is 0.665. The molecule has 0 aromatic heterocycles. The van der Waals surface area contributed by atoms with E-state index in [0.29, 0.717) is 5.69 Å². The number of anilines is 3. The Hall–Kier alpha value is -1.20. The van der Waals surface area contributed by atoms with Crippen LogP contribution in [-0.2, 0) is 0 Å². The predicted molar refractivity (Wildman–Crippen MR) is 82.5 cm³/mol. The lowest BCUT2D eigenvalue weighted by Gasteiger charge is -2.13. The van der Waals surface area contributed by atoms with Crippen LogP contribution in [0.3, 0.4) is 0 Å². The Bertz CT molecular complexity index is 553. The first-order valence-corrected chi connectivity index (χ1v) is 6.85. The summed E-state index contributed by atoms with van der Waals surface area (Å²) in [5.74, 6) is 0.759. The Kier molecular flexibility index (Phi) is 4.14. The Labute approximate surface area is 123 Å². The van der Waals surface area contributed by atoms with Crippen LogP contribution in [0, 0.1) is 0 Å². The number of ether oxygens (including phenoxy) is 1. The zero-order valence-electron chi connectivity index (χ0n) is 9.71. The molecule has 0 saturated carbocycles. The highest BCUT2D eigenvalue weighted by Gasteiger charge is 2.07. The molecule has 0 unspecified atom stereocenters. The summed E-state index contributed by atoms with van der Waals surface area (Å²) in [5.41, 5.74) is 8.34. The fraction of sp³-hybridized carbons (Fsp3) is 0.0769. The van der Waals surface area contributed by atoms with Gasteiger partial charge in [-0.1, -0.05) is 6.07 Å². The lowest BCUT2D eigenvalue weighted by Crippen LogP contribution is -1.98. The molecular formula is C13H12Br2N2O. The van der Waals surface area contributed by atoms with Crippen LogP contribution in [0.4, 0.5) is 17.1 Å². The SMILES string of the molecule is COc1ccc(N)c(Nc2c(Br)cccc2Br)c1. The van der Waals surface area contributed by atoms with Crippen LogP contribution in [0.1, 0.15) is 0 Å². The van der Waals surface area contributed by atoms with E-state index in [1.54, 1.807) is 7.11 Å². The monoisotopic (exact) mass is 370 g/mol. The third kappa shape index (κ3) is 2.79. The van der Waals surface area contributed by atoms with Gasteiger partial charge in [-0.25, -0.2) is 0 Å². The molecule has 0 aliphatic heterocycles. The third-order valence-corrected chi connectivity index (χ3v) is 3.80. The van der Waals surface area contributed by atoms with Crippen LogP contribution >= 0.6 is 31.9 Å². The molecule has 0 aliphatic carbocycles. The first kappa shape index (κ1) is 13.2. The van der Waals surface area contributed by atoms with Crippen molar-refractivity contribution in [3.05, 3.63) is 45.3 Å². The van der Waals surface area contributed by atoms with E-state index in [9.17, 15) is 0 Å². The van der Waals surface area contributed by atoms with Crippen molar-refractivity contribution < 1.29 is 4.74 Å². The average molecular weight is 372 g/mol. The van der Waals surface area contributed by atoms with E-state index in [0.717, 1.165) is 26.1 Å². The smallest absolute Gasteiger partial charge is 0.121 e. The molecule has 0 bridgehead atoms. The van der Waals surface area contributed by atoms with Crippen molar-refractivity contribution >= 4 is 48.9 Å². The second kappa shape index (κ2) is 5.63. The van der Waals surface area contributed by atoms with Gasteiger partial charge in [0.05, 0.1) is 24.2 Å². The zero-order valence-corrected chi connectivity index (χ0v) is 12.9. The highest BCUT2D eigenvalue weighted by Crippen LogP contribution is 2.35. The molecule has 0 heterocycles. The van der Waals surface area contributed by atoms with Crippen molar-refractivity contribution in [1.29, 1.82) is 0 Å². The maximum absolute atomic E-state index is 5.94. The molecule has 0 saturated heterocycles. The van der Waals surface area contributed by atoms with Crippen LogP contribution in [0.5, 0.6) is 5.75 Å². The van der Waals surface area contributed by atoms with Crippen LogP contribution < -0.4 is 15.8 Å². The summed E-state index contributed by atoms with van der Waals surface area (Å²) in [4.78, 5) is 0. The molecule has 18 heavy (non-hydrogen) atoms. The van der Waals surface area contributed by atoms with Gasteiger partial charge in [-0.15, -0.1) is 0 Å². The zero-order chi connectivity index (χ0) is 13.1. The number of nitrogen functional groups attached to an aromatic ring is 1. The number of nitrogens with one attached hydrogen (secondary N) is 1. The Morgan fingerprint density at radius 3 is 2.39 bits per heavy atom. The van der Waals surface area contributed by atoms with Gasteiger partial charge in [0.15, 0.2) is 0 Å². The Balaban J connectivity index is 2.39. The topological polar surface area (TPSA) is 47.3 Å². The van der Waals surface area contributed by atoms with E-state index in [2.05, 4.69) is 37.2 Å². The van der Waals surface area contributed by atoms with E-state index in [-0.39, 0.29) is 0 Å². The van der Waals surface area contributed by atoms with Gasteiger partial charge in [-0.2, -0.15) is 0 Å². The number of benzene rings is 2. The molecule has 3 nitrogen and oxygen atoms in total. The van der Waals surface area contributed by atoms with Gasteiger partial charge in [0.2, 0.25) is 0 Å². The number of rotatable bonds is 3. The largest absolute Gasteiger partial charge is 0.497 e. The summed E-state index contributed by atoms with van der Waals surface area (Å²) < 4.78 is 7.10.